The second-order valence-electron chi connectivity index (χ2n) is 4.45. The van der Waals surface area contributed by atoms with Gasteiger partial charge in [-0.1, -0.05) is 6.08 Å². The number of sulfone groups is 1. The van der Waals surface area contributed by atoms with Crippen molar-refractivity contribution >= 4 is 15.5 Å². The van der Waals surface area contributed by atoms with Gasteiger partial charge in [-0.25, -0.2) is 12.8 Å². The van der Waals surface area contributed by atoms with Crippen molar-refractivity contribution in [3.63, 3.8) is 0 Å². The molecule has 0 heterocycles. The first-order valence-electron chi connectivity index (χ1n) is 5.85. The minimum absolute atomic E-state index is 0.305. The highest BCUT2D eigenvalue weighted by Gasteiger charge is 2.20. The summed E-state index contributed by atoms with van der Waals surface area (Å²) in [7, 11) is -3.22. The number of rotatable bonds is 3. The topological polar surface area (TPSA) is 46.2 Å². The largest absolute Gasteiger partial charge is 0.358 e. The molecular weight excluding hydrogens is 265 g/mol. The Bertz CT molecular complexity index is 643. The van der Waals surface area contributed by atoms with Crippen molar-refractivity contribution in [1.29, 1.82) is 0 Å². The van der Waals surface area contributed by atoms with Crippen LogP contribution in [0.3, 0.4) is 0 Å². The third-order valence-corrected chi connectivity index (χ3v) is 4.19. The molecular formula is C14H15FNO2S. The molecule has 0 unspecified atom stereocenters. The maximum absolute atomic E-state index is 12.8. The Kier molecular flexibility index (Phi) is 3.75. The van der Waals surface area contributed by atoms with Crippen LogP contribution >= 0.6 is 0 Å². The molecule has 0 aliphatic heterocycles. The maximum atomic E-state index is 12.8. The van der Waals surface area contributed by atoms with Gasteiger partial charge in [0.25, 0.3) is 0 Å². The highest BCUT2D eigenvalue weighted by molar-refractivity contribution is 7.94. The molecule has 0 atom stereocenters. The van der Waals surface area contributed by atoms with E-state index in [2.05, 4.69) is 5.32 Å². The van der Waals surface area contributed by atoms with E-state index in [4.69, 9.17) is 0 Å². The van der Waals surface area contributed by atoms with Gasteiger partial charge in [0.15, 0.2) is 9.84 Å². The van der Waals surface area contributed by atoms with Gasteiger partial charge >= 0.3 is 0 Å². The number of benzene rings is 1. The zero-order valence-corrected chi connectivity index (χ0v) is 11.6. The van der Waals surface area contributed by atoms with Gasteiger partial charge in [-0.05, 0) is 43.2 Å². The zero-order valence-electron chi connectivity index (χ0n) is 10.8. The van der Waals surface area contributed by atoms with Crippen LogP contribution in [0.4, 0.5) is 10.1 Å². The molecule has 19 heavy (non-hydrogen) atoms. The summed E-state index contributed by atoms with van der Waals surface area (Å²) < 4.78 is 36.1. The van der Waals surface area contributed by atoms with E-state index in [0.717, 1.165) is 11.4 Å². The molecule has 1 radical (unpaired) electrons. The SMILES string of the molecule is CC1=C(Nc2ccc(F)cc2)[CH]CC=C1S(C)(=O)=O. The summed E-state index contributed by atoms with van der Waals surface area (Å²) in [4.78, 5) is 0.347. The Morgan fingerprint density at radius 1 is 1.21 bits per heavy atom. The number of allylic oxidation sites excluding steroid dienone is 3. The molecule has 101 valence electrons. The number of nitrogens with one attached hydrogen (secondary N) is 1. The molecule has 0 fully saturated rings. The number of hydrogen-bond donors (Lipinski definition) is 1. The van der Waals surface area contributed by atoms with Crippen molar-refractivity contribution in [3.05, 3.63) is 58.8 Å². The van der Waals surface area contributed by atoms with Gasteiger partial charge < -0.3 is 5.32 Å². The standard InChI is InChI=1S/C14H15FNO2S/c1-10-13(4-3-5-14(10)19(2,17)18)16-12-8-6-11(15)7-9-12/h4-9,16H,3H2,1-2H3. The molecule has 3 nitrogen and oxygen atoms in total. The van der Waals surface area contributed by atoms with Crippen molar-refractivity contribution in [2.75, 3.05) is 11.6 Å². The summed E-state index contributed by atoms with van der Waals surface area (Å²) in [6.45, 7) is 1.76. The van der Waals surface area contributed by atoms with Gasteiger partial charge in [-0.15, -0.1) is 0 Å². The second-order valence-corrected chi connectivity index (χ2v) is 6.44. The molecule has 2 rings (SSSR count). The van der Waals surface area contributed by atoms with Crippen molar-refractivity contribution in [2.45, 2.75) is 13.3 Å². The molecule has 0 amide bonds. The third kappa shape index (κ3) is 3.23. The van der Waals surface area contributed by atoms with Gasteiger partial charge in [0.2, 0.25) is 0 Å². The molecule has 0 aromatic heterocycles. The number of hydrogen-bond acceptors (Lipinski definition) is 3. The molecule has 0 saturated carbocycles. The van der Waals surface area contributed by atoms with Crippen LogP contribution < -0.4 is 5.32 Å². The highest BCUT2D eigenvalue weighted by Crippen LogP contribution is 2.28. The number of halogens is 1. The highest BCUT2D eigenvalue weighted by atomic mass is 32.2. The van der Waals surface area contributed by atoms with Gasteiger partial charge in [0, 0.05) is 24.1 Å². The van der Waals surface area contributed by atoms with E-state index in [0.29, 0.717) is 16.9 Å². The smallest absolute Gasteiger partial charge is 0.175 e. The van der Waals surface area contributed by atoms with Crippen LogP contribution in [-0.2, 0) is 9.84 Å². The first kappa shape index (κ1) is 13.8. The van der Waals surface area contributed by atoms with Crippen molar-refractivity contribution in [2.24, 2.45) is 0 Å². The Morgan fingerprint density at radius 2 is 1.84 bits per heavy atom. The Morgan fingerprint density at radius 3 is 2.42 bits per heavy atom. The molecule has 1 aliphatic rings. The Labute approximate surface area is 112 Å². The fourth-order valence-electron chi connectivity index (χ4n) is 1.99. The first-order valence-corrected chi connectivity index (χ1v) is 7.74. The van der Waals surface area contributed by atoms with E-state index < -0.39 is 9.84 Å². The summed E-state index contributed by atoms with van der Waals surface area (Å²) in [5.41, 5.74) is 2.15. The van der Waals surface area contributed by atoms with E-state index >= 15 is 0 Å². The van der Waals surface area contributed by atoms with Crippen molar-refractivity contribution in [1.82, 2.24) is 0 Å². The molecule has 1 aromatic rings. The lowest BCUT2D eigenvalue weighted by atomic mass is 10.0. The first-order chi connectivity index (χ1) is 8.88. The quantitative estimate of drug-likeness (QED) is 0.925. The maximum Gasteiger partial charge on any atom is 0.175 e. The van der Waals surface area contributed by atoms with E-state index in [1.165, 1.54) is 18.4 Å². The molecule has 0 bridgehead atoms. The van der Waals surface area contributed by atoms with Crippen LogP contribution in [0.15, 0.2) is 46.5 Å². The number of anilines is 1. The van der Waals surface area contributed by atoms with Crippen LogP contribution in [-0.4, -0.2) is 14.7 Å². The lowest BCUT2D eigenvalue weighted by Gasteiger charge is -2.19. The molecule has 0 spiro atoms. The molecule has 1 aromatic carbocycles. The Balaban J connectivity index is 2.29. The lowest BCUT2D eigenvalue weighted by molar-refractivity contribution is 0.607. The van der Waals surface area contributed by atoms with Crippen LogP contribution in [0.2, 0.25) is 0 Å². The minimum atomic E-state index is -3.22. The van der Waals surface area contributed by atoms with Gasteiger partial charge in [-0.3, -0.25) is 0 Å². The monoisotopic (exact) mass is 280 g/mol. The molecule has 1 aliphatic carbocycles. The summed E-state index contributed by atoms with van der Waals surface area (Å²) in [5, 5.41) is 3.11. The van der Waals surface area contributed by atoms with Gasteiger partial charge in [-0.2, -0.15) is 0 Å². The summed E-state index contributed by atoms with van der Waals surface area (Å²) in [6.07, 6.45) is 5.36. The summed E-state index contributed by atoms with van der Waals surface area (Å²) >= 11 is 0. The summed E-state index contributed by atoms with van der Waals surface area (Å²) in [6, 6.07) is 5.94. The van der Waals surface area contributed by atoms with Crippen molar-refractivity contribution in [3.8, 4) is 0 Å². The predicted molar refractivity (Wildman–Crippen MR) is 74.6 cm³/mol. The van der Waals surface area contributed by atoms with Crippen LogP contribution in [0, 0.1) is 12.2 Å². The van der Waals surface area contributed by atoms with E-state index in [1.54, 1.807) is 25.1 Å². The molecule has 5 heteroatoms. The zero-order chi connectivity index (χ0) is 14.0. The fourth-order valence-corrected chi connectivity index (χ4v) is 3.05. The van der Waals surface area contributed by atoms with Gasteiger partial charge in [0.05, 0.1) is 4.91 Å². The van der Waals surface area contributed by atoms with Gasteiger partial charge in [0.1, 0.15) is 5.82 Å². The van der Waals surface area contributed by atoms with E-state index in [1.807, 2.05) is 6.42 Å². The average Bonchev–Trinajstić information content (AvgIpc) is 2.33. The van der Waals surface area contributed by atoms with E-state index in [9.17, 15) is 12.8 Å². The fraction of sp³-hybridized carbons (Fsp3) is 0.214. The molecule has 0 saturated heterocycles. The second kappa shape index (κ2) is 5.17. The average molecular weight is 280 g/mol. The van der Waals surface area contributed by atoms with Crippen LogP contribution in [0.25, 0.3) is 0 Å². The molecule has 1 N–H and O–H groups in total. The predicted octanol–water partition coefficient (Wildman–Crippen LogP) is 3.05. The lowest BCUT2D eigenvalue weighted by Crippen LogP contribution is -2.13. The van der Waals surface area contributed by atoms with E-state index in [-0.39, 0.29) is 5.82 Å². The van der Waals surface area contributed by atoms with Crippen molar-refractivity contribution < 1.29 is 12.8 Å². The summed E-state index contributed by atoms with van der Waals surface area (Å²) in [5.74, 6) is -0.305. The van der Waals surface area contributed by atoms with Crippen LogP contribution in [0.5, 0.6) is 0 Å². The minimum Gasteiger partial charge on any atom is -0.358 e. The van der Waals surface area contributed by atoms with Crippen LogP contribution in [0.1, 0.15) is 13.3 Å². The Hall–Kier alpha value is -1.62. The third-order valence-electron chi connectivity index (χ3n) is 2.92. The normalized spacial score (nSPS) is 16.3.